The molecule has 118 valence electrons. The lowest BCUT2D eigenvalue weighted by Gasteiger charge is -2.09. The number of halogens is 1. The van der Waals surface area contributed by atoms with E-state index in [1.54, 1.807) is 7.11 Å². The van der Waals surface area contributed by atoms with E-state index in [0.29, 0.717) is 32.2 Å². The predicted molar refractivity (Wildman–Crippen MR) is 80.8 cm³/mol. The maximum Gasteiger partial charge on any atom is 0.271 e. The summed E-state index contributed by atoms with van der Waals surface area (Å²) in [7, 11) is 1.63. The van der Waals surface area contributed by atoms with Crippen LogP contribution in [0.5, 0.6) is 0 Å². The summed E-state index contributed by atoms with van der Waals surface area (Å²) in [4.78, 5) is 20.3. The summed E-state index contributed by atoms with van der Waals surface area (Å²) in [6.07, 6.45) is 2.18. The van der Waals surface area contributed by atoms with Gasteiger partial charge in [-0.3, -0.25) is 4.79 Å². The molecule has 0 saturated carbocycles. The molecule has 7 heteroatoms. The summed E-state index contributed by atoms with van der Waals surface area (Å²) in [6, 6.07) is 0. The number of nitrogens with one attached hydrogen (secondary N) is 1. The van der Waals surface area contributed by atoms with Gasteiger partial charge in [-0.2, -0.15) is 0 Å². The zero-order valence-electron chi connectivity index (χ0n) is 12.7. The molecule has 0 atom stereocenters. The van der Waals surface area contributed by atoms with E-state index >= 15 is 0 Å². The third-order valence-electron chi connectivity index (χ3n) is 2.68. The Balaban J connectivity index is 2.40. The van der Waals surface area contributed by atoms with Crippen molar-refractivity contribution in [3.63, 3.8) is 0 Å². The summed E-state index contributed by atoms with van der Waals surface area (Å²) in [5, 5.41) is 3.03. The number of amides is 1. The maximum absolute atomic E-state index is 12.0. The van der Waals surface area contributed by atoms with Gasteiger partial charge in [-0.05, 0) is 6.42 Å². The van der Waals surface area contributed by atoms with Crippen LogP contribution in [0.2, 0.25) is 5.02 Å². The molecule has 0 aliphatic carbocycles. The van der Waals surface area contributed by atoms with Crippen LogP contribution in [0.3, 0.4) is 0 Å². The van der Waals surface area contributed by atoms with Crippen molar-refractivity contribution in [2.45, 2.75) is 26.2 Å². The summed E-state index contributed by atoms with van der Waals surface area (Å²) in [5.74, 6) is 0.455. The molecule has 1 N–H and O–H groups in total. The van der Waals surface area contributed by atoms with Gasteiger partial charge in [0.2, 0.25) is 0 Å². The van der Waals surface area contributed by atoms with Gasteiger partial charge >= 0.3 is 0 Å². The van der Waals surface area contributed by atoms with Crippen molar-refractivity contribution in [3.8, 4) is 0 Å². The largest absolute Gasteiger partial charge is 0.382 e. The van der Waals surface area contributed by atoms with Gasteiger partial charge in [0.1, 0.15) is 11.5 Å². The van der Waals surface area contributed by atoms with Crippen molar-refractivity contribution < 1.29 is 14.3 Å². The molecule has 0 aliphatic rings. The molecule has 0 saturated heterocycles. The van der Waals surface area contributed by atoms with Crippen LogP contribution < -0.4 is 5.32 Å². The number of nitrogens with zero attached hydrogens (tertiary/aromatic N) is 2. The van der Waals surface area contributed by atoms with E-state index in [1.165, 1.54) is 6.20 Å². The quantitative estimate of drug-likeness (QED) is 0.706. The molecule has 0 radical (unpaired) electrons. The van der Waals surface area contributed by atoms with Gasteiger partial charge in [0.25, 0.3) is 5.91 Å². The van der Waals surface area contributed by atoms with Gasteiger partial charge in [0.15, 0.2) is 0 Å². The maximum atomic E-state index is 12.0. The average Bonchev–Trinajstić information content (AvgIpc) is 2.46. The Morgan fingerprint density at radius 2 is 2.14 bits per heavy atom. The molecule has 1 heterocycles. The highest BCUT2D eigenvalue weighted by atomic mass is 35.5. The first-order valence-corrected chi connectivity index (χ1v) is 7.31. The van der Waals surface area contributed by atoms with Crippen LogP contribution in [0.4, 0.5) is 0 Å². The Labute approximate surface area is 130 Å². The van der Waals surface area contributed by atoms with E-state index < -0.39 is 0 Å². The normalized spacial score (nSPS) is 10.9. The van der Waals surface area contributed by atoms with Gasteiger partial charge in [-0.1, -0.05) is 25.4 Å². The molecule has 0 bridgehead atoms. The fourth-order valence-corrected chi connectivity index (χ4v) is 1.70. The molecule has 6 nitrogen and oxygen atoms in total. The molecule has 0 unspecified atom stereocenters. The molecule has 0 spiro atoms. The Kier molecular flexibility index (Phi) is 8.19. The monoisotopic (exact) mass is 315 g/mol. The van der Waals surface area contributed by atoms with Crippen molar-refractivity contribution in [1.29, 1.82) is 0 Å². The third-order valence-corrected chi connectivity index (χ3v) is 2.95. The van der Waals surface area contributed by atoms with E-state index in [-0.39, 0.29) is 22.5 Å². The number of carbonyl (C=O) groups excluding carboxylic acids is 1. The third kappa shape index (κ3) is 6.37. The van der Waals surface area contributed by atoms with Gasteiger partial charge in [0, 0.05) is 26.2 Å². The zero-order chi connectivity index (χ0) is 15.7. The number of ether oxygens (including phenoxy) is 2. The SMILES string of the molecule is COCCOCCCNC(=O)c1nc(C(C)C)ncc1Cl. The second kappa shape index (κ2) is 9.65. The average molecular weight is 316 g/mol. The first-order chi connectivity index (χ1) is 10.1. The lowest BCUT2D eigenvalue weighted by molar-refractivity contribution is 0.0688. The highest BCUT2D eigenvalue weighted by Crippen LogP contribution is 2.16. The smallest absolute Gasteiger partial charge is 0.271 e. The number of rotatable bonds is 9. The molecule has 0 fully saturated rings. The lowest BCUT2D eigenvalue weighted by atomic mass is 10.2. The standard InChI is InChI=1S/C14H22ClN3O3/c1-10(2)13-17-9-11(15)12(18-13)14(19)16-5-4-6-21-8-7-20-3/h9-10H,4-8H2,1-3H3,(H,16,19). The predicted octanol–water partition coefficient (Wildman–Crippen LogP) is 2.04. The topological polar surface area (TPSA) is 73.3 Å². The number of aromatic nitrogens is 2. The van der Waals surface area contributed by atoms with Crippen LogP contribution in [-0.4, -0.2) is 49.4 Å². The van der Waals surface area contributed by atoms with Crippen LogP contribution in [0, 0.1) is 0 Å². The van der Waals surface area contributed by atoms with Gasteiger partial charge in [0.05, 0.1) is 24.4 Å². The molecule has 1 amide bonds. The van der Waals surface area contributed by atoms with Crippen molar-refractivity contribution in [3.05, 3.63) is 22.7 Å². The Bertz CT molecular complexity index is 455. The zero-order valence-corrected chi connectivity index (χ0v) is 13.4. The van der Waals surface area contributed by atoms with Crippen LogP contribution in [0.25, 0.3) is 0 Å². The lowest BCUT2D eigenvalue weighted by Crippen LogP contribution is -2.27. The highest BCUT2D eigenvalue weighted by Gasteiger charge is 2.14. The van der Waals surface area contributed by atoms with E-state index in [9.17, 15) is 4.79 Å². The minimum Gasteiger partial charge on any atom is -0.382 e. The van der Waals surface area contributed by atoms with E-state index in [1.807, 2.05) is 13.8 Å². The van der Waals surface area contributed by atoms with E-state index in [2.05, 4.69) is 15.3 Å². The van der Waals surface area contributed by atoms with Crippen molar-refractivity contribution in [2.75, 3.05) is 33.5 Å². The first-order valence-electron chi connectivity index (χ1n) is 6.93. The minimum absolute atomic E-state index is 0.142. The van der Waals surface area contributed by atoms with Gasteiger partial charge in [-0.25, -0.2) is 9.97 Å². The van der Waals surface area contributed by atoms with Crippen molar-refractivity contribution in [1.82, 2.24) is 15.3 Å². The highest BCUT2D eigenvalue weighted by molar-refractivity contribution is 6.33. The van der Waals surface area contributed by atoms with Gasteiger partial charge in [-0.15, -0.1) is 0 Å². The number of hydrogen-bond acceptors (Lipinski definition) is 5. The molecule has 0 aromatic carbocycles. The molecule has 1 aromatic heterocycles. The van der Waals surface area contributed by atoms with Crippen molar-refractivity contribution >= 4 is 17.5 Å². The van der Waals surface area contributed by atoms with E-state index in [4.69, 9.17) is 21.1 Å². The second-order valence-corrected chi connectivity index (χ2v) is 5.20. The van der Waals surface area contributed by atoms with Crippen LogP contribution >= 0.6 is 11.6 Å². The summed E-state index contributed by atoms with van der Waals surface area (Å²) in [6.45, 7) is 6.12. The molecule has 0 aliphatic heterocycles. The summed E-state index contributed by atoms with van der Waals surface area (Å²) in [5.41, 5.74) is 0.218. The molecule has 1 aromatic rings. The van der Waals surface area contributed by atoms with Crippen LogP contribution in [-0.2, 0) is 9.47 Å². The fraction of sp³-hybridized carbons (Fsp3) is 0.643. The molecule has 1 rings (SSSR count). The molecular weight excluding hydrogens is 294 g/mol. The fourth-order valence-electron chi connectivity index (χ4n) is 1.52. The summed E-state index contributed by atoms with van der Waals surface area (Å²) >= 11 is 5.97. The Hall–Kier alpha value is -1.24. The van der Waals surface area contributed by atoms with E-state index in [0.717, 1.165) is 6.42 Å². The number of methoxy groups -OCH3 is 1. The van der Waals surface area contributed by atoms with Crippen LogP contribution in [0.1, 0.15) is 42.5 Å². The molecular formula is C14H22ClN3O3. The molecule has 21 heavy (non-hydrogen) atoms. The van der Waals surface area contributed by atoms with Crippen molar-refractivity contribution in [2.24, 2.45) is 0 Å². The first kappa shape index (κ1) is 17.8. The number of carbonyl (C=O) groups is 1. The minimum atomic E-state index is -0.291. The Morgan fingerprint density at radius 1 is 1.38 bits per heavy atom. The van der Waals surface area contributed by atoms with Crippen LogP contribution in [0.15, 0.2) is 6.20 Å². The summed E-state index contributed by atoms with van der Waals surface area (Å²) < 4.78 is 10.2. The van der Waals surface area contributed by atoms with Gasteiger partial charge < -0.3 is 14.8 Å². The Morgan fingerprint density at radius 3 is 2.81 bits per heavy atom. The second-order valence-electron chi connectivity index (χ2n) is 4.79. The number of hydrogen-bond donors (Lipinski definition) is 1.